The van der Waals surface area contributed by atoms with Crippen LogP contribution in [0.4, 0.5) is 4.39 Å². The van der Waals surface area contributed by atoms with E-state index in [2.05, 4.69) is 0 Å². The van der Waals surface area contributed by atoms with Gasteiger partial charge in [0.2, 0.25) is 5.91 Å². The number of likely N-dealkylation sites (tertiary alicyclic amines) is 1. The van der Waals surface area contributed by atoms with E-state index >= 15 is 0 Å². The Hall–Kier alpha value is -3.29. The molecular weight excluding hydrogens is 393 g/mol. The number of hydrogen-bond acceptors (Lipinski definition) is 6. The monoisotopic (exact) mass is 417 g/mol. The molecule has 1 aliphatic rings. The number of amides is 1. The third kappa shape index (κ3) is 4.64. The molecule has 1 saturated heterocycles. The van der Waals surface area contributed by atoms with Gasteiger partial charge >= 0.3 is 5.97 Å². The molecule has 8 heteroatoms. The number of nitrogens with zero attached hydrogens (tertiary/aromatic N) is 1. The van der Waals surface area contributed by atoms with Gasteiger partial charge in [-0.05, 0) is 29.8 Å². The first-order chi connectivity index (χ1) is 14.5. The quantitative estimate of drug-likeness (QED) is 0.645. The van der Waals surface area contributed by atoms with E-state index in [9.17, 15) is 14.0 Å². The van der Waals surface area contributed by atoms with Gasteiger partial charge in [0.15, 0.2) is 23.1 Å². The minimum Gasteiger partial charge on any atom is -0.493 e. The van der Waals surface area contributed by atoms with Crippen molar-refractivity contribution in [2.45, 2.75) is 25.0 Å². The number of hydrogen-bond donors (Lipinski definition) is 0. The van der Waals surface area contributed by atoms with Crippen molar-refractivity contribution in [3.63, 3.8) is 0 Å². The van der Waals surface area contributed by atoms with Crippen LogP contribution < -0.4 is 14.2 Å². The van der Waals surface area contributed by atoms with Crippen LogP contribution in [0.1, 0.15) is 12.0 Å². The molecule has 2 unspecified atom stereocenters. The van der Waals surface area contributed by atoms with E-state index in [1.54, 1.807) is 30.3 Å². The molecule has 0 bridgehead atoms. The van der Waals surface area contributed by atoms with Crippen molar-refractivity contribution >= 4 is 11.9 Å². The van der Waals surface area contributed by atoms with Gasteiger partial charge in [0, 0.05) is 6.42 Å². The van der Waals surface area contributed by atoms with Gasteiger partial charge in [0.05, 0.1) is 34.3 Å². The molecule has 0 spiro atoms. The molecule has 2 aromatic rings. The molecule has 0 aliphatic carbocycles. The molecule has 3 rings (SSSR count). The van der Waals surface area contributed by atoms with Crippen LogP contribution in [-0.4, -0.2) is 56.8 Å². The maximum atomic E-state index is 13.9. The maximum Gasteiger partial charge on any atom is 0.328 e. The van der Waals surface area contributed by atoms with Crippen LogP contribution in [0, 0.1) is 5.82 Å². The molecule has 1 aliphatic heterocycles. The second-order valence-corrected chi connectivity index (χ2v) is 6.86. The highest BCUT2D eigenvalue weighted by molar-refractivity contribution is 5.86. The summed E-state index contributed by atoms with van der Waals surface area (Å²) >= 11 is 0. The van der Waals surface area contributed by atoms with Gasteiger partial charge in [0.1, 0.15) is 12.1 Å². The van der Waals surface area contributed by atoms with Gasteiger partial charge in [-0.2, -0.15) is 0 Å². The summed E-state index contributed by atoms with van der Waals surface area (Å²) in [6.07, 6.45) is -0.251. The molecule has 2 atom stereocenters. The first-order valence-electron chi connectivity index (χ1n) is 9.46. The molecule has 30 heavy (non-hydrogen) atoms. The Bertz CT molecular complexity index is 918. The van der Waals surface area contributed by atoms with Crippen LogP contribution >= 0.6 is 0 Å². The maximum absolute atomic E-state index is 13.9. The fraction of sp³-hybridized carbons (Fsp3) is 0.364. The van der Waals surface area contributed by atoms with Crippen LogP contribution in [0.25, 0.3) is 0 Å². The largest absolute Gasteiger partial charge is 0.493 e. The zero-order chi connectivity index (χ0) is 21.7. The topological polar surface area (TPSA) is 74.3 Å². The van der Waals surface area contributed by atoms with Crippen LogP contribution in [0.2, 0.25) is 0 Å². The van der Waals surface area contributed by atoms with E-state index in [4.69, 9.17) is 18.9 Å². The summed E-state index contributed by atoms with van der Waals surface area (Å²) in [4.78, 5) is 26.7. The van der Waals surface area contributed by atoms with Crippen LogP contribution in [0.15, 0.2) is 42.5 Å². The molecule has 0 N–H and O–H groups in total. The lowest BCUT2D eigenvalue weighted by Gasteiger charge is -2.22. The molecule has 2 aromatic carbocycles. The third-order valence-electron chi connectivity index (χ3n) is 4.99. The second kappa shape index (κ2) is 9.47. The highest BCUT2D eigenvalue weighted by Crippen LogP contribution is 2.29. The van der Waals surface area contributed by atoms with Crippen molar-refractivity contribution in [2.24, 2.45) is 0 Å². The molecule has 7 nitrogen and oxygen atoms in total. The van der Waals surface area contributed by atoms with Crippen molar-refractivity contribution < 1.29 is 32.9 Å². The van der Waals surface area contributed by atoms with Gasteiger partial charge in [0.25, 0.3) is 0 Å². The number of halogens is 1. The number of esters is 1. The van der Waals surface area contributed by atoms with E-state index in [-0.39, 0.29) is 31.0 Å². The fourth-order valence-electron chi connectivity index (χ4n) is 3.50. The summed E-state index contributed by atoms with van der Waals surface area (Å²) in [5.74, 6) is -0.148. The summed E-state index contributed by atoms with van der Waals surface area (Å²) in [7, 11) is 4.32. The lowest BCUT2D eigenvalue weighted by molar-refractivity contribution is -0.150. The fourth-order valence-corrected chi connectivity index (χ4v) is 3.50. The Morgan fingerprint density at radius 1 is 1.03 bits per heavy atom. The number of ether oxygens (including phenoxy) is 4. The number of carbonyl (C=O) groups excluding carboxylic acids is 2. The Kier molecular flexibility index (Phi) is 6.76. The summed E-state index contributed by atoms with van der Waals surface area (Å²) in [5.41, 5.74) is 0.708. The number of para-hydroxylation sites is 1. The molecule has 0 saturated carbocycles. The van der Waals surface area contributed by atoms with Crippen LogP contribution in [0.3, 0.4) is 0 Å². The van der Waals surface area contributed by atoms with Gasteiger partial charge in [-0.1, -0.05) is 18.2 Å². The zero-order valence-electron chi connectivity index (χ0n) is 17.1. The smallest absolute Gasteiger partial charge is 0.328 e. The van der Waals surface area contributed by atoms with Crippen molar-refractivity contribution in [2.75, 3.05) is 27.9 Å². The summed E-state index contributed by atoms with van der Waals surface area (Å²) in [6, 6.07) is 10.4. The second-order valence-electron chi connectivity index (χ2n) is 6.86. The molecular formula is C22H24FNO6. The molecule has 1 amide bonds. The van der Waals surface area contributed by atoms with Crippen LogP contribution in [-0.2, 0) is 20.7 Å². The standard InChI is InChI=1S/C22H24FNO6/c1-27-19-9-8-14(10-20(19)28-2)11-21(25)24-13-15(12-17(24)22(26)29-3)30-18-7-5-4-6-16(18)23/h4-10,15,17H,11-13H2,1-3H3. The lowest BCUT2D eigenvalue weighted by atomic mass is 10.1. The Morgan fingerprint density at radius 3 is 2.43 bits per heavy atom. The van der Waals surface area contributed by atoms with Gasteiger partial charge in [-0.3, -0.25) is 4.79 Å². The first-order valence-corrected chi connectivity index (χ1v) is 9.46. The summed E-state index contributed by atoms with van der Waals surface area (Å²) in [5, 5.41) is 0. The van der Waals surface area contributed by atoms with E-state index in [0.717, 1.165) is 0 Å². The highest BCUT2D eigenvalue weighted by Gasteiger charge is 2.41. The van der Waals surface area contributed by atoms with Gasteiger partial charge in [-0.15, -0.1) is 0 Å². The van der Waals surface area contributed by atoms with E-state index in [1.807, 2.05) is 0 Å². The number of benzene rings is 2. The highest BCUT2D eigenvalue weighted by atomic mass is 19.1. The third-order valence-corrected chi connectivity index (χ3v) is 4.99. The Balaban J connectivity index is 1.75. The Labute approximate surface area is 174 Å². The molecule has 1 heterocycles. The lowest BCUT2D eigenvalue weighted by Crippen LogP contribution is -2.42. The van der Waals surface area contributed by atoms with Crippen molar-refractivity contribution in [1.29, 1.82) is 0 Å². The van der Waals surface area contributed by atoms with Gasteiger partial charge in [-0.25, -0.2) is 9.18 Å². The van der Waals surface area contributed by atoms with Gasteiger partial charge < -0.3 is 23.8 Å². The molecule has 0 aromatic heterocycles. The SMILES string of the molecule is COC(=O)C1CC(Oc2ccccc2F)CN1C(=O)Cc1ccc(OC)c(OC)c1. The number of carbonyl (C=O) groups is 2. The predicted molar refractivity (Wildman–Crippen MR) is 106 cm³/mol. The van der Waals surface area contributed by atoms with E-state index in [0.29, 0.717) is 17.1 Å². The predicted octanol–water partition coefficient (Wildman–Crippen LogP) is 2.61. The van der Waals surface area contributed by atoms with Crippen molar-refractivity contribution in [3.05, 3.63) is 53.8 Å². The zero-order valence-corrected chi connectivity index (χ0v) is 17.1. The van der Waals surface area contributed by atoms with Crippen molar-refractivity contribution in [1.82, 2.24) is 4.90 Å². The minimum absolute atomic E-state index is 0.0558. The summed E-state index contributed by atoms with van der Waals surface area (Å²) in [6.45, 7) is 0.153. The van der Waals surface area contributed by atoms with Crippen molar-refractivity contribution in [3.8, 4) is 17.2 Å². The average Bonchev–Trinajstić information content (AvgIpc) is 3.18. The normalized spacial score (nSPS) is 18.1. The number of methoxy groups -OCH3 is 3. The molecule has 1 fully saturated rings. The Morgan fingerprint density at radius 2 is 1.77 bits per heavy atom. The van der Waals surface area contributed by atoms with E-state index < -0.39 is 23.9 Å². The number of rotatable bonds is 7. The summed E-state index contributed by atoms with van der Waals surface area (Å²) < 4.78 is 35.0. The minimum atomic E-state index is -0.792. The average molecular weight is 417 g/mol. The van der Waals surface area contributed by atoms with Crippen LogP contribution in [0.5, 0.6) is 17.2 Å². The molecule has 160 valence electrons. The first kappa shape index (κ1) is 21.4. The molecule has 0 radical (unpaired) electrons. The van der Waals surface area contributed by atoms with E-state index in [1.165, 1.54) is 38.4 Å².